The highest BCUT2D eigenvalue weighted by atomic mass is 32.1. The van der Waals surface area contributed by atoms with E-state index in [1.165, 1.54) is 0 Å². The van der Waals surface area contributed by atoms with Crippen LogP contribution in [0.1, 0.15) is 12.1 Å². The Bertz CT molecular complexity index is 992. The van der Waals surface area contributed by atoms with E-state index in [0.29, 0.717) is 23.3 Å². The first-order chi connectivity index (χ1) is 13.6. The zero-order valence-corrected chi connectivity index (χ0v) is 17.1. The summed E-state index contributed by atoms with van der Waals surface area (Å²) in [6.45, 7) is 5.56. The van der Waals surface area contributed by atoms with Crippen LogP contribution in [0.4, 0.5) is 16.9 Å². The normalized spacial score (nSPS) is 15.0. The second-order valence-corrected chi connectivity index (χ2v) is 7.57. The van der Waals surface area contributed by atoms with Crippen LogP contribution in [0.2, 0.25) is 0 Å². The van der Waals surface area contributed by atoms with Crippen molar-refractivity contribution in [2.75, 3.05) is 55.9 Å². The Kier molecular flexibility index (Phi) is 5.08. The molecule has 1 fully saturated rings. The number of fused-ring (bicyclic) bond motifs is 1. The third-order valence-electron chi connectivity index (χ3n) is 4.87. The summed E-state index contributed by atoms with van der Waals surface area (Å²) in [5.74, 6) is 2.33. The van der Waals surface area contributed by atoms with Gasteiger partial charge in [0.25, 0.3) is 0 Å². The van der Waals surface area contributed by atoms with Gasteiger partial charge in [-0.3, -0.25) is 0 Å². The van der Waals surface area contributed by atoms with Crippen LogP contribution in [0.15, 0.2) is 17.5 Å². The summed E-state index contributed by atoms with van der Waals surface area (Å²) in [5.41, 5.74) is 8.06. The third-order valence-corrected chi connectivity index (χ3v) is 5.89. The number of nitrogens with two attached hydrogens (primary N) is 1. The Morgan fingerprint density at radius 2 is 1.68 bits per heavy atom. The van der Waals surface area contributed by atoms with Gasteiger partial charge >= 0.3 is 0 Å². The van der Waals surface area contributed by atoms with Crippen molar-refractivity contribution in [3.05, 3.63) is 23.2 Å². The van der Waals surface area contributed by atoms with E-state index in [9.17, 15) is 0 Å². The van der Waals surface area contributed by atoms with Crippen molar-refractivity contribution in [2.45, 2.75) is 13.3 Å². The van der Waals surface area contributed by atoms with Gasteiger partial charge in [0.2, 0.25) is 5.95 Å². The van der Waals surface area contributed by atoms with Gasteiger partial charge in [-0.25, -0.2) is 9.97 Å². The molecule has 0 aliphatic carbocycles. The van der Waals surface area contributed by atoms with Gasteiger partial charge in [-0.2, -0.15) is 4.98 Å². The lowest BCUT2D eigenvalue weighted by Gasteiger charge is -2.22. The van der Waals surface area contributed by atoms with Crippen molar-refractivity contribution in [1.82, 2.24) is 15.0 Å². The van der Waals surface area contributed by atoms with Gasteiger partial charge in [0, 0.05) is 43.0 Å². The average molecular weight is 401 g/mol. The van der Waals surface area contributed by atoms with Crippen LogP contribution in [0.5, 0.6) is 11.5 Å². The summed E-state index contributed by atoms with van der Waals surface area (Å²) >= 11 is 1.69. The van der Waals surface area contributed by atoms with Gasteiger partial charge in [-0.05, 0) is 19.4 Å². The zero-order chi connectivity index (χ0) is 19.7. The SMILES string of the molecule is COc1cc2nc(N3CCCN(c4nc(C)cs4)CC3)nc(N)c2cc1OC. The van der Waals surface area contributed by atoms with Crippen molar-refractivity contribution >= 4 is 39.1 Å². The molecule has 4 rings (SSSR count). The summed E-state index contributed by atoms with van der Waals surface area (Å²) in [6, 6.07) is 3.67. The van der Waals surface area contributed by atoms with E-state index in [2.05, 4.69) is 25.1 Å². The van der Waals surface area contributed by atoms with E-state index in [4.69, 9.17) is 20.2 Å². The van der Waals surface area contributed by atoms with Crippen LogP contribution in [0.3, 0.4) is 0 Å². The van der Waals surface area contributed by atoms with Crippen molar-refractivity contribution in [3.8, 4) is 11.5 Å². The number of nitrogens with zero attached hydrogens (tertiary/aromatic N) is 5. The van der Waals surface area contributed by atoms with E-state index in [-0.39, 0.29) is 0 Å². The molecular weight excluding hydrogens is 376 g/mol. The number of aryl methyl sites for hydroxylation is 1. The van der Waals surface area contributed by atoms with E-state index < -0.39 is 0 Å². The lowest BCUT2D eigenvalue weighted by Crippen LogP contribution is -2.31. The Hall–Kier alpha value is -2.81. The molecule has 0 bridgehead atoms. The molecule has 1 aromatic carbocycles. The monoisotopic (exact) mass is 400 g/mol. The molecule has 9 heteroatoms. The third kappa shape index (κ3) is 3.49. The van der Waals surface area contributed by atoms with Crippen molar-refractivity contribution in [2.24, 2.45) is 0 Å². The Morgan fingerprint density at radius 3 is 2.39 bits per heavy atom. The van der Waals surface area contributed by atoms with Crippen molar-refractivity contribution < 1.29 is 9.47 Å². The van der Waals surface area contributed by atoms with E-state index in [1.807, 2.05) is 19.1 Å². The zero-order valence-electron chi connectivity index (χ0n) is 16.3. The molecule has 0 saturated carbocycles. The molecule has 8 nitrogen and oxygen atoms in total. The number of ether oxygens (including phenoxy) is 2. The quantitative estimate of drug-likeness (QED) is 0.715. The molecule has 0 unspecified atom stereocenters. The van der Waals surface area contributed by atoms with Crippen LogP contribution < -0.4 is 25.0 Å². The fraction of sp³-hybridized carbons (Fsp3) is 0.421. The average Bonchev–Trinajstić information content (AvgIpc) is 2.98. The number of nitrogen functional groups attached to an aromatic ring is 1. The second-order valence-electron chi connectivity index (χ2n) is 6.73. The number of aromatic nitrogens is 3. The molecule has 0 amide bonds. The van der Waals surface area contributed by atoms with Crippen LogP contribution >= 0.6 is 11.3 Å². The first-order valence-electron chi connectivity index (χ1n) is 9.20. The maximum Gasteiger partial charge on any atom is 0.227 e. The molecule has 1 aliphatic heterocycles. The molecule has 0 atom stereocenters. The largest absolute Gasteiger partial charge is 0.493 e. The van der Waals surface area contributed by atoms with Gasteiger partial charge in [0.1, 0.15) is 5.82 Å². The topological polar surface area (TPSA) is 89.6 Å². The maximum atomic E-state index is 6.25. The molecule has 148 valence electrons. The highest BCUT2D eigenvalue weighted by molar-refractivity contribution is 7.13. The minimum Gasteiger partial charge on any atom is -0.493 e. The fourth-order valence-corrected chi connectivity index (χ4v) is 4.26. The predicted octanol–water partition coefficient (Wildman–Crippen LogP) is 2.71. The van der Waals surface area contributed by atoms with Gasteiger partial charge in [-0.1, -0.05) is 0 Å². The summed E-state index contributed by atoms with van der Waals surface area (Å²) in [5, 5.41) is 3.93. The van der Waals surface area contributed by atoms with Gasteiger partial charge < -0.3 is 25.0 Å². The molecule has 1 saturated heterocycles. The molecular formula is C19H24N6O2S. The maximum absolute atomic E-state index is 6.25. The highest BCUT2D eigenvalue weighted by Crippen LogP contribution is 2.34. The Balaban J connectivity index is 1.61. The smallest absolute Gasteiger partial charge is 0.227 e. The highest BCUT2D eigenvalue weighted by Gasteiger charge is 2.20. The van der Waals surface area contributed by atoms with Crippen LogP contribution in [0, 0.1) is 6.92 Å². The fourth-order valence-electron chi connectivity index (χ4n) is 3.40. The first-order valence-corrected chi connectivity index (χ1v) is 10.1. The molecule has 0 spiro atoms. The number of thiazole rings is 1. The molecule has 3 heterocycles. The minimum absolute atomic E-state index is 0.442. The number of benzene rings is 1. The molecule has 1 aliphatic rings. The van der Waals surface area contributed by atoms with E-state index in [0.717, 1.165) is 54.3 Å². The summed E-state index contributed by atoms with van der Waals surface area (Å²) in [4.78, 5) is 18.4. The van der Waals surface area contributed by atoms with E-state index >= 15 is 0 Å². The molecule has 2 N–H and O–H groups in total. The van der Waals surface area contributed by atoms with Gasteiger partial charge in [-0.15, -0.1) is 11.3 Å². The summed E-state index contributed by atoms with van der Waals surface area (Å²) in [7, 11) is 3.21. The number of anilines is 3. The van der Waals surface area contributed by atoms with Crippen molar-refractivity contribution in [3.63, 3.8) is 0 Å². The van der Waals surface area contributed by atoms with Crippen LogP contribution in [0.25, 0.3) is 10.9 Å². The summed E-state index contributed by atoms with van der Waals surface area (Å²) < 4.78 is 10.8. The molecule has 2 aromatic heterocycles. The summed E-state index contributed by atoms with van der Waals surface area (Å²) in [6.07, 6.45) is 1.01. The molecule has 3 aromatic rings. The lowest BCUT2D eigenvalue weighted by molar-refractivity contribution is 0.356. The van der Waals surface area contributed by atoms with E-state index in [1.54, 1.807) is 25.6 Å². The van der Waals surface area contributed by atoms with Crippen LogP contribution in [-0.2, 0) is 0 Å². The predicted molar refractivity (Wildman–Crippen MR) is 113 cm³/mol. The lowest BCUT2D eigenvalue weighted by atomic mass is 10.2. The molecule has 0 radical (unpaired) electrons. The number of hydrogen-bond acceptors (Lipinski definition) is 9. The number of methoxy groups -OCH3 is 2. The minimum atomic E-state index is 0.442. The number of hydrogen-bond donors (Lipinski definition) is 1. The number of rotatable bonds is 4. The van der Waals surface area contributed by atoms with Gasteiger partial charge in [0.15, 0.2) is 16.6 Å². The Labute approximate surface area is 167 Å². The first kappa shape index (κ1) is 18.5. The Morgan fingerprint density at radius 1 is 0.964 bits per heavy atom. The van der Waals surface area contributed by atoms with Crippen LogP contribution in [-0.4, -0.2) is 55.4 Å². The molecule has 28 heavy (non-hydrogen) atoms. The second kappa shape index (κ2) is 7.67. The van der Waals surface area contributed by atoms with Gasteiger partial charge in [0.05, 0.1) is 25.4 Å². The van der Waals surface area contributed by atoms with Crippen molar-refractivity contribution in [1.29, 1.82) is 0 Å². The standard InChI is InChI=1S/C19H24N6O2S/c1-12-11-28-19(21-12)25-6-4-5-24(7-8-25)18-22-14-10-16(27-3)15(26-2)9-13(14)17(20)23-18/h9-11H,4-8H2,1-3H3,(H2,20,22,23).